The molecule has 2 heterocycles. The summed E-state index contributed by atoms with van der Waals surface area (Å²) in [5, 5.41) is 10.5. The lowest BCUT2D eigenvalue weighted by molar-refractivity contribution is -0.380. The van der Waals surface area contributed by atoms with Gasteiger partial charge in [-0.15, -0.1) is 0 Å². The van der Waals surface area contributed by atoms with Crippen LogP contribution in [0.1, 0.15) is 22.5 Å². The Kier molecular flexibility index (Phi) is 3.39. The van der Waals surface area contributed by atoms with Crippen LogP contribution in [0.15, 0.2) is 12.1 Å². The van der Waals surface area contributed by atoms with E-state index in [2.05, 4.69) is 0 Å². The van der Waals surface area contributed by atoms with Crippen LogP contribution in [0.2, 0.25) is 0 Å². The van der Waals surface area contributed by atoms with Crippen LogP contribution in [-0.4, -0.2) is 34.9 Å². The van der Waals surface area contributed by atoms with Gasteiger partial charge in [0.15, 0.2) is 0 Å². The van der Waals surface area contributed by atoms with Crippen molar-refractivity contribution in [3.05, 3.63) is 27.1 Å². The summed E-state index contributed by atoms with van der Waals surface area (Å²) in [5.41, 5.74) is 5.59. The summed E-state index contributed by atoms with van der Waals surface area (Å²) in [6.07, 6.45) is 1.86. The summed E-state index contributed by atoms with van der Waals surface area (Å²) >= 11 is 0.917. The summed E-state index contributed by atoms with van der Waals surface area (Å²) < 4.78 is 0. The van der Waals surface area contributed by atoms with Crippen molar-refractivity contribution in [2.45, 2.75) is 18.9 Å². The zero-order valence-electron chi connectivity index (χ0n) is 9.17. The van der Waals surface area contributed by atoms with Crippen molar-refractivity contribution in [1.29, 1.82) is 0 Å². The molecule has 1 atom stereocenters. The minimum atomic E-state index is -0.480. The molecule has 0 spiro atoms. The molecule has 2 N–H and O–H groups in total. The van der Waals surface area contributed by atoms with Crippen LogP contribution < -0.4 is 5.73 Å². The van der Waals surface area contributed by atoms with Crippen LogP contribution >= 0.6 is 11.3 Å². The Bertz CT molecular complexity index is 446. The number of carbonyl (C=O) groups excluding carboxylic acids is 1. The molecule has 1 fully saturated rings. The van der Waals surface area contributed by atoms with Gasteiger partial charge in [0.05, 0.1) is 9.80 Å². The minimum Gasteiger partial charge on any atom is -0.334 e. The van der Waals surface area contributed by atoms with Crippen molar-refractivity contribution in [2.75, 3.05) is 13.1 Å². The van der Waals surface area contributed by atoms with Gasteiger partial charge < -0.3 is 10.6 Å². The van der Waals surface area contributed by atoms with E-state index in [-0.39, 0.29) is 17.0 Å². The SMILES string of the molecule is NCC1CCCN1C(=O)c1ccc([N+](=O)[O-])s1. The van der Waals surface area contributed by atoms with E-state index in [1.807, 2.05) is 0 Å². The summed E-state index contributed by atoms with van der Waals surface area (Å²) in [6, 6.07) is 2.95. The molecule has 0 bridgehead atoms. The standard InChI is InChI=1S/C10H13N3O3S/c11-6-7-2-1-5-12(7)10(14)8-3-4-9(17-8)13(15)16/h3-4,7H,1-2,5-6,11H2. The van der Waals surface area contributed by atoms with Gasteiger partial charge in [-0.2, -0.15) is 0 Å². The summed E-state index contributed by atoms with van der Waals surface area (Å²) in [7, 11) is 0. The number of nitrogens with two attached hydrogens (primary N) is 1. The van der Waals surface area contributed by atoms with Gasteiger partial charge in [0.2, 0.25) is 0 Å². The van der Waals surface area contributed by atoms with Crippen molar-refractivity contribution < 1.29 is 9.72 Å². The first kappa shape index (κ1) is 12.0. The fourth-order valence-electron chi connectivity index (χ4n) is 2.03. The van der Waals surface area contributed by atoms with Crippen molar-refractivity contribution in [2.24, 2.45) is 5.73 Å². The number of hydrogen-bond acceptors (Lipinski definition) is 5. The third-order valence-corrected chi connectivity index (χ3v) is 3.92. The van der Waals surface area contributed by atoms with Gasteiger partial charge >= 0.3 is 5.00 Å². The molecule has 92 valence electrons. The molecule has 1 amide bonds. The van der Waals surface area contributed by atoms with E-state index in [1.165, 1.54) is 12.1 Å². The Morgan fingerprint density at radius 1 is 1.65 bits per heavy atom. The molecule has 1 saturated heterocycles. The summed E-state index contributed by atoms with van der Waals surface area (Å²) in [4.78, 5) is 24.3. The zero-order valence-corrected chi connectivity index (χ0v) is 9.98. The molecule has 1 aromatic heterocycles. The first-order valence-electron chi connectivity index (χ1n) is 5.38. The molecule has 1 aliphatic heterocycles. The number of nitrogens with zero attached hydrogens (tertiary/aromatic N) is 2. The summed E-state index contributed by atoms with van der Waals surface area (Å²) in [5.74, 6) is -0.143. The minimum absolute atomic E-state index is 0.00292. The predicted octanol–water partition coefficient (Wildman–Crippen LogP) is 1.22. The van der Waals surface area contributed by atoms with Gasteiger partial charge in [-0.1, -0.05) is 11.3 Å². The first-order valence-corrected chi connectivity index (χ1v) is 6.20. The Labute approximate surface area is 102 Å². The number of thiophene rings is 1. The average Bonchev–Trinajstić information content (AvgIpc) is 2.96. The monoisotopic (exact) mass is 255 g/mol. The van der Waals surface area contributed by atoms with Crippen molar-refractivity contribution in [1.82, 2.24) is 4.90 Å². The third kappa shape index (κ3) is 2.29. The van der Waals surface area contributed by atoms with E-state index in [1.54, 1.807) is 4.90 Å². The van der Waals surface area contributed by atoms with E-state index in [4.69, 9.17) is 5.73 Å². The lowest BCUT2D eigenvalue weighted by Gasteiger charge is -2.22. The van der Waals surface area contributed by atoms with E-state index in [9.17, 15) is 14.9 Å². The molecule has 0 radical (unpaired) electrons. The molecule has 1 aromatic rings. The number of hydrogen-bond donors (Lipinski definition) is 1. The van der Waals surface area contributed by atoms with Crippen molar-refractivity contribution in [3.8, 4) is 0 Å². The molecule has 1 aliphatic rings. The van der Waals surface area contributed by atoms with Crippen molar-refractivity contribution in [3.63, 3.8) is 0 Å². The molecule has 6 nitrogen and oxygen atoms in total. The zero-order chi connectivity index (χ0) is 12.4. The highest BCUT2D eigenvalue weighted by molar-refractivity contribution is 7.17. The van der Waals surface area contributed by atoms with Crippen LogP contribution in [0.4, 0.5) is 5.00 Å². The quantitative estimate of drug-likeness (QED) is 0.649. The highest BCUT2D eigenvalue weighted by Gasteiger charge is 2.29. The molecular formula is C10H13N3O3S. The third-order valence-electron chi connectivity index (χ3n) is 2.89. The molecule has 7 heteroatoms. The number of nitro groups is 1. The second-order valence-corrected chi connectivity index (χ2v) is 4.99. The van der Waals surface area contributed by atoms with Gasteiger partial charge in [0, 0.05) is 25.2 Å². The Morgan fingerprint density at radius 2 is 2.41 bits per heavy atom. The Hall–Kier alpha value is -1.47. The number of amides is 1. The van der Waals surface area contributed by atoms with Gasteiger partial charge in [-0.05, 0) is 18.9 Å². The number of rotatable bonds is 3. The van der Waals surface area contributed by atoms with Crippen LogP contribution in [0.5, 0.6) is 0 Å². The lowest BCUT2D eigenvalue weighted by atomic mass is 10.2. The second-order valence-electron chi connectivity index (χ2n) is 3.93. The van der Waals surface area contributed by atoms with Gasteiger partial charge in [-0.3, -0.25) is 14.9 Å². The normalized spacial score (nSPS) is 19.6. The van der Waals surface area contributed by atoms with Gasteiger partial charge in [0.25, 0.3) is 5.91 Å². The topological polar surface area (TPSA) is 89.5 Å². The highest BCUT2D eigenvalue weighted by Crippen LogP contribution is 2.27. The summed E-state index contributed by atoms with van der Waals surface area (Å²) in [6.45, 7) is 1.13. The molecule has 0 aliphatic carbocycles. The average molecular weight is 255 g/mol. The Balaban J connectivity index is 2.16. The van der Waals surface area contributed by atoms with E-state index in [0.717, 1.165) is 24.2 Å². The van der Waals surface area contributed by atoms with Crippen LogP contribution in [0.25, 0.3) is 0 Å². The number of likely N-dealkylation sites (tertiary alicyclic amines) is 1. The second kappa shape index (κ2) is 4.80. The maximum absolute atomic E-state index is 12.1. The molecular weight excluding hydrogens is 242 g/mol. The molecule has 1 unspecified atom stereocenters. The fraction of sp³-hybridized carbons (Fsp3) is 0.500. The maximum atomic E-state index is 12.1. The van der Waals surface area contributed by atoms with Gasteiger partial charge in [0.1, 0.15) is 0 Å². The van der Waals surface area contributed by atoms with E-state index < -0.39 is 4.92 Å². The maximum Gasteiger partial charge on any atom is 0.324 e. The first-order chi connectivity index (χ1) is 8.13. The predicted molar refractivity (Wildman–Crippen MR) is 64.1 cm³/mol. The van der Waals surface area contributed by atoms with Crippen molar-refractivity contribution >= 4 is 22.2 Å². The number of carbonyl (C=O) groups is 1. The molecule has 0 saturated carbocycles. The molecule has 17 heavy (non-hydrogen) atoms. The van der Waals surface area contributed by atoms with Crippen LogP contribution in [0.3, 0.4) is 0 Å². The Morgan fingerprint density at radius 3 is 3.00 bits per heavy atom. The highest BCUT2D eigenvalue weighted by atomic mass is 32.1. The van der Waals surface area contributed by atoms with Crippen LogP contribution in [0, 0.1) is 10.1 Å². The smallest absolute Gasteiger partial charge is 0.324 e. The largest absolute Gasteiger partial charge is 0.334 e. The lowest BCUT2D eigenvalue weighted by Crippen LogP contribution is -2.39. The fourth-order valence-corrected chi connectivity index (χ4v) is 2.81. The van der Waals surface area contributed by atoms with Crippen LogP contribution in [-0.2, 0) is 0 Å². The molecule has 0 aromatic carbocycles. The van der Waals surface area contributed by atoms with E-state index in [0.29, 0.717) is 18.0 Å². The molecule has 2 rings (SSSR count). The van der Waals surface area contributed by atoms with Gasteiger partial charge in [-0.25, -0.2) is 0 Å². The van der Waals surface area contributed by atoms with E-state index >= 15 is 0 Å².